The van der Waals surface area contributed by atoms with E-state index >= 15 is 0 Å². The van der Waals surface area contributed by atoms with Crippen LogP contribution in [0.15, 0.2) is 60.2 Å². The summed E-state index contributed by atoms with van der Waals surface area (Å²) in [5, 5.41) is 5.75. The van der Waals surface area contributed by atoms with Crippen LogP contribution in [-0.4, -0.2) is 33.2 Å². The van der Waals surface area contributed by atoms with E-state index in [9.17, 15) is 9.59 Å². The molecule has 0 saturated carbocycles. The Labute approximate surface area is 173 Å². The third kappa shape index (κ3) is 4.35. The second-order valence-electron chi connectivity index (χ2n) is 7.14. The van der Waals surface area contributed by atoms with Crippen LogP contribution < -0.4 is 5.32 Å². The average Bonchev–Trinajstić information content (AvgIpc) is 3.40. The maximum atomic E-state index is 12.6. The number of pyridine rings is 1. The summed E-state index contributed by atoms with van der Waals surface area (Å²) in [6.45, 7) is 2.80. The monoisotopic (exact) mass is 406 g/mol. The van der Waals surface area contributed by atoms with Crippen LogP contribution >= 0.6 is 11.3 Å². The number of likely N-dealkylation sites (tertiary alicyclic amines) is 1. The van der Waals surface area contributed by atoms with Gasteiger partial charge in [0.1, 0.15) is 5.01 Å². The standard InChI is InChI=1S/C22H22N4O2S/c1-15(16-6-3-2-4-7-16)26-13-18(10-20(26)27)21(28)24-12-19-14-29-22(25-19)17-8-5-9-23-11-17/h2-9,11,14-15,18H,10,12-13H2,1H3,(H,24,28). The molecular formula is C22H22N4O2S. The van der Waals surface area contributed by atoms with Crippen molar-refractivity contribution < 1.29 is 9.59 Å². The van der Waals surface area contributed by atoms with Gasteiger partial charge in [0, 0.05) is 36.3 Å². The summed E-state index contributed by atoms with van der Waals surface area (Å²) < 4.78 is 0. The molecule has 3 aromatic rings. The van der Waals surface area contributed by atoms with Gasteiger partial charge in [-0.3, -0.25) is 14.6 Å². The smallest absolute Gasteiger partial charge is 0.225 e. The Morgan fingerprint density at radius 2 is 2.10 bits per heavy atom. The number of benzene rings is 1. The third-order valence-corrected chi connectivity index (χ3v) is 6.12. The molecule has 1 aliphatic heterocycles. The number of aromatic nitrogens is 2. The maximum absolute atomic E-state index is 12.6. The first kappa shape index (κ1) is 19.3. The molecule has 2 amide bonds. The first-order valence-electron chi connectivity index (χ1n) is 9.58. The Kier molecular flexibility index (Phi) is 5.67. The lowest BCUT2D eigenvalue weighted by Crippen LogP contribution is -2.33. The number of nitrogens with zero attached hydrogens (tertiary/aromatic N) is 3. The van der Waals surface area contributed by atoms with E-state index in [1.54, 1.807) is 17.3 Å². The van der Waals surface area contributed by atoms with Crippen molar-refractivity contribution >= 4 is 23.2 Å². The minimum atomic E-state index is -0.329. The van der Waals surface area contributed by atoms with E-state index in [0.29, 0.717) is 13.1 Å². The van der Waals surface area contributed by atoms with Crippen LogP contribution in [0.2, 0.25) is 0 Å². The fraction of sp³-hybridized carbons (Fsp3) is 0.273. The Hall–Kier alpha value is -3.06. The zero-order chi connectivity index (χ0) is 20.2. The number of thiazole rings is 1. The molecule has 148 valence electrons. The highest BCUT2D eigenvalue weighted by Crippen LogP contribution is 2.28. The summed E-state index contributed by atoms with van der Waals surface area (Å²) in [6.07, 6.45) is 3.75. The molecule has 6 nitrogen and oxygen atoms in total. The van der Waals surface area contributed by atoms with E-state index < -0.39 is 0 Å². The predicted octanol–water partition coefficient (Wildman–Crippen LogP) is 3.43. The van der Waals surface area contributed by atoms with Crippen molar-refractivity contribution in [2.24, 2.45) is 5.92 Å². The number of hydrogen-bond donors (Lipinski definition) is 1. The molecule has 0 spiro atoms. The van der Waals surface area contributed by atoms with Gasteiger partial charge in [0.2, 0.25) is 11.8 Å². The van der Waals surface area contributed by atoms with Crippen molar-refractivity contribution in [3.63, 3.8) is 0 Å². The molecule has 1 N–H and O–H groups in total. The Morgan fingerprint density at radius 3 is 2.86 bits per heavy atom. The number of rotatable bonds is 6. The van der Waals surface area contributed by atoms with Gasteiger partial charge in [0.15, 0.2) is 0 Å². The fourth-order valence-corrected chi connectivity index (χ4v) is 4.34. The molecule has 1 aliphatic rings. The van der Waals surface area contributed by atoms with Crippen molar-refractivity contribution in [2.45, 2.75) is 25.9 Å². The zero-order valence-electron chi connectivity index (χ0n) is 16.1. The van der Waals surface area contributed by atoms with Crippen molar-refractivity contribution in [3.05, 3.63) is 71.5 Å². The number of hydrogen-bond acceptors (Lipinski definition) is 5. The number of carbonyl (C=O) groups is 2. The van der Waals surface area contributed by atoms with E-state index in [0.717, 1.165) is 21.8 Å². The molecule has 0 bridgehead atoms. The Bertz CT molecular complexity index is 990. The number of carbonyl (C=O) groups excluding carboxylic acids is 2. The molecule has 1 aromatic carbocycles. The molecule has 2 atom stereocenters. The van der Waals surface area contributed by atoms with Gasteiger partial charge in [0.25, 0.3) is 0 Å². The van der Waals surface area contributed by atoms with Crippen LogP contribution in [0.25, 0.3) is 10.6 Å². The second-order valence-corrected chi connectivity index (χ2v) is 8.00. The van der Waals surface area contributed by atoms with E-state index in [1.165, 1.54) is 11.3 Å². The highest BCUT2D eigenvalue weighted by Gasteiger charge is 2.36. The second kappa shape index (κ2) is 8.53. The third-order valence-electron chi connectivity index (χ3n) is 5.18. The van der Waals surface area contributed by atoms with Gasteiger partial charge in [0.05, 0.1) is 24.2 Å². The lowest BCUT2D eigenvalue weighted by Gasteiger charge is -2.25. The zero-order valence-corrected chi connectivity index (χ0v) is 16.9. The molecule has 0 aliphatic carbocycles. The lowest BCUT2D eigenvalue weighted by atomic mass is 10.1. The quantitative estimate of drug-likeness (QED) is 0.681. The van der Waals surface area contributed by atoms with Crippen LogP contribution in [-0.2, 0) is 16.1 Å². The van der Waals surface area contributed by atoms with Crippen LogP contribution in [0.4, 0.5) is 0 Å². The molecule has 3 heterocycles. The van der Waals surface area contributed by atoms with Gasteiger partial charge in [-0.05, 0) is 24.6 Å². The first-order valence-corrected chi connectivity index (χ1v) is 10.5. The predicted molar refractivity (Wildman–Crippen MR) is 112 cm³/mol. The normalized spacial score (nSPS) is 17.3. The van der Waals surface area contributed by atoms with Crippen molar-refractivity contribution in [3.8, 4) is 10.6 Å². The SMILES string of the molecule is CC(c1ccccc1)N1CC(C(=O)NCc2csc(-c3cccnc3)n2)CC1=O. The summed E-state index contributed by atoms with van der Waals surface area (Å²) >= 11 is 1.52. The molecule has 2 aromatic heterocycles. The van der Waals surface area contributed by atoms with E-state index in [2.05, 4.69) is 15.3 Å². The minimum Gasteiger partial charge on any atom is -0.350 e. The molecule has 1 fully saturated rings. The number of amides is 2. The van der Waals surface area contributed by atoms with Crippen molar-refractivity contribution in [1.29, 1.82) is 0 Å². The van der Waals surface area contributed by atoms with Gasteiger partial charge in [-0.25, -0.2) is 4.98 Å². The van der Waals surface area contributed by atoms with Gasteiger partial charge in [-0.15, -0.1) is 11.3 Å². The summed E-state index contributed by atoms with van der Waals surface area (Å²) in [4.78, 5) is 35.6. The van der Waals surface area contributed by atoms with Crippen LogP contribution in [0.1, 0.15) is 30.6 Å². The summed E-state index contributed by atoms with van der Waals surface area (Å²) in [5.74, 6) is -0.406. The van der Waals surface area contributed by atoms with Gasteiger partial charge >= 0.3 is 0 Å². The van der Waals surface area contributed by atoms with E-state index in [1.807, 2.05) is 54.8 Å². The Balaban J connectivity index is 1.34. The molecule has 29 heavy (non-hydrogen) atoms. The highest BCUT2D eigenvalue weighted by atomic mass is 32.1. The van der Waals surface area contributed by atoms with Gasteiger partial charge in [-0.1, -0.05) is 30.3 Å². The highest BCUT2D eigenvalue weighted by molar-refractivity contribution is 7.13. The molecule has 0 radical (unpaired) electrons. The Morgan fingerprint density at radius 1 is 1.28 bits per heavy atom. The average molecular weight is 407 g/mol. The van der Waals surface area contributed by atoms with Crippen LogP contribution in [0, 0.1) is 5.92 Å². The molecule has 2 unspecified atom stereocenters. The van der Waals surface area contributed by atoms with Crippen molar-refractivity contribution in [2.75, 3.05) is 6.54 Å². The molecule has 1 saturated heterocycles. The maximum Gasteiger partial charge on any atom is 0.225 e. The largest absolute Gasteiger partial charge is 0.350 e. The molecular weight excluding hydrogens is 384 g/mol. The lowest BCUT2D eigenvalue weighted by molar-refractivity contribution is -0.130. The molecule has 7 heteroatoms. The first-order chi connectivity index (χ1) is 14.1. The number of nitrogens with one attached hydrogen (secondary N) is 1. The molecule has 4 rings (SSSR count). The van der Waals surface area contributed by atoms with E-state index in [4.69, 9.17) is 0 Å². The van der Waals surface area contributed by atoms with Crippen LogP contribution in [0.5, 0.6) is 0 Å². The van der Waals surface area contributed by atoms with E-state index in [-0.39, 0.29) is 30.2 Å². The minimum absolute atomic E-state index is 0.0222. The summed E-state index contributed by atoms with van der Waals surface area (Å²) in [5.41, 5.74) is 2.84. The summed E-state index contributed by atoms with van der Waals surface area (Å²) in [6, 6.07) is 13.7. The topological polar surface area (TPSA) is 75.2 Å². The summed E-state index contributed by atoms with van der Waals surface area (Å²) in [7, 11) is 0. The van der Waals surface area contributed by atoms with Gasteiger partial charge < -0.3 is 10.2 Å². The fourth-order valence-electron chi connectivity index (χ4n) is 3.53. The van der Waals surface area contributed by atoms with Crippen LogP contribution in [0.3, 0.4) is 0 Å². The van der Waals surface area contributed by atoms with Gasteiger partial charge in [-0.2, -0.15) is 0 Å². The van der Waals surface area contributed by atoms with Crippen molar-refractivity contribution in [1.82, 2.24) is 20.2 Å².